The minimum Gasteiger partial charge on any atom is -0.343 e. The van der Waals surface area contributed by atoms with Gasteiger partial charge >= 0.3 is 18.4 Å². The Kier molecular flexibility index (Phi) is 10.8. The Bertz CT molecular complexity index is 1430. The Hall–Kier alpha value is -3.19. The van der Waals surface area contributed by atoms with Crippen molar-refractivity contribution >= 4 is 41.0 Å². The van der Waals surface area contributed by atoms with E-state index in [1.54, 1.807) is 28.0 Å². The molecule has 0 N–H and O–H groups in total. The van der Waals surface area contributed by atoms with Crippen LogP contribution in [-0.2, 0) is 28.5 Å². The Labute approximate surface area is 273 Å². The predicted molar refractivity (Wildman–Crippen MR) is 160 cm³/mol. The average Bonchev–Trinajstić information content (AvgIpc) is 3.00. The number of nitrogens with zero attached hydrogens (tertiary/aromatic N) is 4. The Morgan fingerprint density at radius 2 is 1.39 bits per heavy atom. The molecule has 0 bridgehead atoms. The van der Waals surface area contributed by atoms with Gasteiger partial charge in [-0.25, -0.2) is 4.79 Å². The molecule has 2 aromatic rings. The van der Waals surface area contributed by atoms with E-state index >= 15 is 0 Å². The number of hydrogen-bond acceptors (Lipinski definition) is 3. The number of likely N-dealkylation sites (N-methyl/N-ethyl adjacent to an activating group) is 1. The highest BCUT2D eigenvalue weighted by Gasteiger charge is 2.40. The van der Waals surface area contributed by atoms with Crippen molar-refractivity contribution in [2.45, 2.75) is 57.0 Å². The van der Waals surface area contributed by atoms with Crippen LogP contribution < -0.4 is 0 Å². The van der Waals surface area contributed by atoms with Crippen molar-refractivity contribution in [2.24, 2.45) is 5.92 Å². The number of carbonyl (C=O) groups excluding carboxylic acids is 3. The number of urea groups is 1. The van der Waals surface area contributed by atoms with Crippen LogP contribution >= 0.6 is 23.2 Å². The van der Waals surface area contributed by atoms with Crippen LogP contribution in [0.25, 0.3) is 0 Å². The van der Waals surface area contributed by atoms with Gasteiger partial charge in [-0.3, -0.25) is 9.59 Å². The van der Waals surface area contributed by atoms with E-state index in [0.717, 1.165) is 4.90 Å². The van der Waals surface area contributed by atoms with Crippen LogP contribution in [0.5, 0.6) is 0 Å². The van der Waals surface area contributed by atoms with E-state index in [1.165, 1.54) is 25.9 Å². The standard InChI is InChI=1S/C31H34Cl2F6N4O3/c1-18(44)42-9-6-20(7-10-42)28(45)43-11-8-27(24(17-43)21-4-5-25(32)26(33)14-21)41(3)29(46)40(2)16-19-12-22(30(34,35)36)15-23(13-19)31(37,38)39/h4-5,12-15,20,24,27H,6-11,16-17H2,1-3H3/t24-,27+/m0/s1. The van der Waals surface area contributed by atoms with E-state index < -0.39 is 48.0 Å². The molecule has 0 aliphatic carbocycles. The Morgan fingerprint density at radius 3 is 1.91 bits per heavy atom. The summed E-state index contributed by atoms with van der Waals surface area (Å²) in [6, 6.07) is 5.12. The van der Waals surface area contributed by atoms with Gasteiger partial charge < -0.3 is 19.6 Å². The quantitative estimate of drug-likeness (QED) is 0.312. The van der Waals surface area contributed by atoms with Gasteiger partial charge in [0.15, 0.2) is 0 Å². The van der Waals surface area contributed by atoms with Crippen LogP contribution in [0.3, 0.4) is 0 Å². The summed E-state index contributed by atoms with van der Waals surface area (Å²) in [4.78, 5) is 44.8. The van der Waals surface area contributed by atoms with E-state index in [4.69, 9.17) is 23.2 Å². The van der Waals surface area contributed by atoms with E-state index in [2.05, 4.69) is 0 Å². The molecule has 4 rings (SSSR count). The van der Waals surface area contributed by atoms with Gasteiger partial charge in [0.25, 0.3) is 0 Å². The molecule has 0 unspecified atom stereocenters. The molecule has 7 nitrogen and oxygen atoms in total. The summed E-state index contributed by atoms with van der Waals surface area (Å²) in [5.74, 6) is -0.792. The van der Waals surface area contributed by atoms with Gasteiger partial charge in [0.2, 0.25) is 11.8 Å². The number of hydrogen-bond donors (Lipinski definition) is 0. The molecule has 0 spiro atoms. The molecule has 2 heterocycles. The van der Waals surface area contributed by atoms with Crippen LogP contribution in [0, 0.1) is 5.92 Å². The minimum absolute atomic E-state index is 0.0427. The lowest BCUT2D eigenvalue weighted by Crippen LogP contribution is -2.55. The molecule has 46 heavy (non-hydrogen) atoms. The van der Waals surface area contributed by atoms with Crippen molar-refractivity contribution in [3.63, 3.8) is 0 Å². The smallest absolute Gasteiger partial charge is 0.343 e. The highest BCUT2D eigenvalue weighted by Crippen LogP contribution is 2.38. The second-order valence-electron chi connectivity index (χ2n) is 11.9. The van der Waals surface area contributed by atoms with E-state index in [-0.39, 0.29) is 40.9 Å². The number of piperidine rings is 2. The number of rotatable bonds is 5. The zero-order valence-electron chi connectivity index (χ0n) is 25.4. The molecule has 2 aliphatic heterocycles. The van der Waals surface area contributed by atoms with Gasteiger partial charge in [-0.1, -0.05) is 29.3 Å². The van der Waals surface area contributed by atoms with Gasteiger partial charge in [0.1, 0.15) is 0 Å². The first-order valence-electron chi connectivity index (χ1n) is 14.6. The van der Waals surface area contributed by atoms with Gasteiger partial charge in [-0.2, -0.15) is 26.3 Å². The van der Waals surface area contributed by atoms with Gasteiger partial charge in [-0.15, -0.1) is 0 Å². The lowest BCUT2D eigenvalue weighted by atomic mass is 9.84. The largest absolute Gasteiger partial charge is 0.416 e. The summed E-state index contributed by atoms with van der Waals surface area (Å²) in [5, 5.41) is 0.584. The molecule has 2 aliphatic rings. The van der Waals surface area contributed by atoms with Crippen LogP contribution in [0.1, 0.15) is 54.4 Å². The molecule has 0 radical (unpaired) electrons. The summed E-state index contributed by atoms with van der Waals surface area (Å²) in [7, 11) is 2.81. The number of amides is 4. The van der Waals surface area contributed by atoms with Gasteiger partial charge in [0.05, 0.1) is 21.2 Å². The zero-order chi connectivity index (χ0) is 34.1. The first kappa shape index (κ1) is 35.7. The lowest BCUT2D eigenvalue weighted by molar-refractivity contribution is -0.143. The fraction of sp³-hybridized carbons (Fsp3) is 0.516. The fourth-order valence-corrected chi connectivity index (χ4v) is 6.54. The highest BCUT2D eigenvalue weighted by atomic mass is 35.5. The monoisotopic (exact) mass is 694 g/mol. The highest BCUT2D eigenvalue weighted by molar-refractivity contribution is 6.42. The lowest BCUT2D eigenvalue weighted by Gasteiger charge is -2.45. The molecule has 2 fully saturated rings. The maximum absolute atomic E-state index is 13.6. The zero-order valence-corrected chi connectivity index (χ0v) is 26.9. The number of benzene rings is 2. The summed E-state index contributed by atoms with van der Waals surface area (Å²) in [6.45, 7) is 2.50. The molecular formula is C31H34Cl2F6N4O3. The molecule has 2 saturated heterocycles. The Morgan fingerprint density at radius 1 is 0.826 bits per heavy atom. The molecule has 2 aromatic carbocycles. The normalized spacial score (nSPS) is 19.6. The van der Waals surface area contributed by atoms with E-state index in [1.807, 2.05) is 0 Å². The van der Waals surface area contributed by atoms with Crippen molar-refractivity contribution < 1.29 is 40.7 Å². The molecule has 0 saturated carbocycles. The number of carbonyl (C=O) groups is 3. The molecule has 2 atom stereocenters. The summed E-state index contributed by atoms with van der Waals surface area (Å²) in [5.41, 5.74) is -2.55. The molecule has 15 heteroatoms. The number of alkyl halides is 6. The maximum atomic E-state index is 13.6. The summed E-state index contributed by atoms with van der Waals surface area (Å²) < 4.78 is 80.4. The Balaban J connectivity index is 1.55. The SMILES string of the molecule is CC(=O)N1CCC(C(=O)N2CC[C@@H](N(C)C(=O)N(C)Cc3cc(C(F)(F)F)cc(C(F)(F)F)c3)[C@H](c3ccc(Cl)c(Cl)c3)C2)CC1. The molecule has 252 valence electrons. The van der Waals surface area contributed by atoms with Crippen LogP contribution in [0.2, 0.25) is 10.0 Å². The fourth-order valence-electron chi connectivity index (χ4n) is 6.24. The second kappa shape index (κ2) is 13.9. The van der Waals surface area contributed by atoms with Crippen molar-refractivity contribution in [1.82, 2.24) is 19.6 Å². The van der Waals surface area contributed by atoms with Crippen LogP contribution in [0.4, 0.5) is 31.1 Å². The third-order valence-electron chi connectivity index (χ3n) is 8.74. The third-order valence-corrected chi connectivity index (χ3v) is 9.48. The summed E-state index contributed by atoms with van der Waals surface area (Å²) >= 11 is 12.5. The van der Waals surface area contributed by atoms with Crippen molar-refractivity contribution in [1.29, 1.82) is 0 Å². The molecule has 0 aromatic heterocycles. The van der Waals surface area contributed by atoms with E-state index in [0.29, 0.717) is 61.6 Å². The van der Waals surface area contributed by atoms with Crippen molar-refractivity contribution in [2.75, 3.05) is 40.3 Å². The summed E-state index contributed by atoms with van der Waals surface area (Å²) in [6.07, 6.45) is -8.62. The predicted octanol–water partition coefficient (Wildman–Crippen LogP) is 7.16. The first-order chi connectivity index (χ1) is 21.4. The third kappa shape index (κ3) is 8.20. The molecule has 4 amide bonds. The average molecular weight is 696 g/mol. The number of likely N-dealkylation sites (tertiary alicyclic amines) is 2. The maximum Gasteiger partial charge on any atom is 0.416 e. The van der Waals surface area contributed by atoms with Gasteiger partial charge in [-0.05, 0) is 60.7 Å². The molecular weight excluding hydrogens is 661 g/mol. The van der Waals surface area contributed by atoms with Crippen LogP contribution in [-0.4, -0.2) is 83.8 Å². The van der Waals surface area contributed by atoms with E-state index in [9.17, 15) is 40.7 Å². The topological polar surface area (TPSA) is 64.2 Å². The van der Waals surface area contributed by atoms with Crippen molar-refractivity contribution in [3.05, 3.63) is 68.7 Å². The number of halogens is 8. The minimum atomic E-state index is -5.02. The van der Waals surface area contributed by atoms with Crippen LogP contribution in [0.15, 0.2) is 36.4 Å². The first-order valence-corrected chi connectivity index (χ1v) is 15.4. The van der Waals surface area contributed by atoms with Gasteiger partial charge in [0, 0.05) is 71.6 Å². The van der Waals surface area contributed by atoms with Crippen molar-refractivity contribution in [3.8, 4) is 0 Å². The second-order valence-corrected chi connectivity index (χ2v) is 12.7.